The van der Waals surface area contributed by atoms with Crippen molar-refractivity contribution in [3.8, 4) is 11.8 Å². The van der Waals surface area contributed by atoms with Crippen LogP contribution in [0.1, 0.15) is 11.1 Å². The number of aromatic hydroxyl groups is 1. The molecule has 2 aromatic rings. The lowest BCUT2D eigenvalue weighted by molar-refractivity contribution is -0.117. The highest BCUT2D eigenvalue weighted by molar-refractivity contribution is 9.10. The number of phenolic OH excluding ortho intramolecular Hbond substituents is 1. The first-order valence-electron chi connectivity index (χ1n) is 7.68. The zero-order valence-electron chi connectivity index (χ0n) is 13.7. The molecule has 0 atom stereocenters. The van der Waals surface area contributed by atoms with Gasteiger partial charge in [-0.15, -0.1) is 0 Å². The van der Waals surface area contributed by atoms with E-state index in [4.69, 9.17) is 0 Å². The number of halogens is 1. The van der Waals surface area contributed by atoms with E-state index in [1.54, 1.807) is 24.3 Å². The van der Waals surface area contributed by atoms with E-state index in [9.17, 15) is 15.2 Å². The van der Waals surface area contributed by atoms with Gasteiger partial charge < -0.3 is 15.7 Å². The van der Waals surface area contributed by atoms with Crippen LogP contribution >= 0.6 is 15.9 Å². The van der Waals surface area contributed by atoms with Gasteiger partial charge in [0.25, 0.3) is 5.91 Å². The summed E-state index contributed by atoms with van der Waals surface area (Å²) < 4.78 is 0.965. The lowest BCUT2D eigenvalue weighted by atomic mass is 10.1. The second-order valence-corrected chi connectivity index (χ2v) is 6.36. The van der Waals surface area contributed by atoms with Crippen LogP contribution in [0.15, 0.2) is 58.7 Å². The number of anilines is 1. The molecule has 6 heteroatoms. The maximum atomic E-state index is 12.1. The normalized spacial score (nSPS) is 10.8. The van der Waals surface area contributed by atoms with Crippen LogP contribution in [0, 0.1) is 18.3 Å². The summed E-state index contributed by atoms with van der Waals surface area (Å²) in [5.41, 5.74) is 2.82. The van der Waals surface area contributed by atoms with Gasteiger partial charge in [-0.25, -0.2) is 0 Å². The largest absolute Gasteiger partial charge is 0.508 e. The van der Waals surface area contributed by atoms with Crippen LogP contribution in [0.4, 0.5) is 5.69 Å². The molecule has 0 bridgehead atoms. The fourth-order valence-corrected chi connectivity index (χ4v) is 2.64. The molecule has 0 aliphatic heterocycles. The zero-order chi connectivity index (χ0) is 18.2. The van der Waals surface area contributed by atoms with E-state index < -0.39 is 5.91 Å². The van der Waals surface area contributed by atoms with E-state index in [0.29, 0.717) is 13.0 Å². The molecule has 0 saturated carbocycles. The number of benzene rings is 2. The number of nitrogens with one attached hydrogen (secondary N) is 2. The van der Waals surface area contributed by atoms with Gasteiger partial charge in [0, 0.05) is 22.9 Å². The predicted octanol–water partition coefficient (Wildman–Crippen LogP) is 3.64. The topological polar surface area (TPSA) is 85.2 Å². The molecule has 0 heterocycles. The highest BCUT2D eigenvalue weighted by Gasteiger charge is 2.08. The summed E-state index contributed by atoms with van der Waals surface area (Å²) in [5.74, 6) is -0.222. The molecule has 128 valence electrons. The van der Waals surface area contributed by atoms with Crippen molar-refractivity contribution in [1.29, 1.82) is 5.26 Å². The number of nitriles is 1. The average Bonchev–Trinajstić information content (AvgIpc) is 2.59. The van der Waals surface area contributed by atoms with Gasteiger partial charge in [0.05, 0.1) is 0 Å². The second kappa shape index (κ2) is 8.90. The van der Waals surface area contributed by atoms with Crippen LogP contribution in [-0.2, 0) is 11.2 Å². The van der Waals surface area contributed by atoms with E-state index >= 15 is 0 Å². The Balaban J connectivity index is 1.91. The van der Waals surface area contributed by atoms with Gasteiger partial charge in [-0.2, -0.15) is 5.26 Å². The molecule has 0 radical (unpaired) electrons. The third-order valence-corrected chi connectivity index (χ3v) is 4.05. The molecule has 0 unspecified atom stereocenters. The number of hydrogen-bond donors (Lipinski definition) is 3. The van der Waals surface area contributed by atoms with Crippen molar-refractivity contribution in [2.45, 2.75) is 13.3 Å². The summed E-state index contributed by atoms with van der Waals surface area (Å²) in [5, 5.41) is 24.1. The maximum absolute atomic E-state index is 12.1. The minimum atomic E-state index is -0.427. The molecule has 0 aliphatic rings. The van der Waals surface area contributed by atoms with Crippen molar-refractivity contribution in [2.75, 3.05) is 11.9 Å². The van der Waals surface area contributed by atoms with Crippen LogP contribution in [-0.4, -0.2) is 17.6 Å². The maximum Gasteiger partial charge on any atom is 0.263 e. The Morgan fingerprint density at radius 2 is 2.00 bits per heavy atom. The Labute approximate surface area is 155 Å². The number of hydrogen-bond acceptors (Lipinski definition) is 4. The molecule has 1 amide bonds. The Morgan fingerprint density at radius 1 is 1.28 bits per heavy atom. The van der Waals surface area contributed by atoms with Crippen LogP contribution in [0.5, 0.6) is 5.75 Å². The van der Waals surface area contributed by atoms with E-state index in [-0.39, 0.29) is 11.3 Å². The summed E-state index contributed by atoms with van der Waals surface area (Å²) in [6.45, 7) is 2.34. The third kappa shape index (κ3) is 5.66. The first kappa shape index (κ1) is 18.6. The molecular weight excluding hydrogens is 382 g/mol. The zero-order valence-corrected chi connectivity index (χ0v) is 15.3. The smallest absolute Gasteiger partial charge is 0.263 e. The molecule has 0 aliphatic carbocycles. The lowest BCUT2D eigenvalue weighted by Gasteiger charge is -2.08. The number of amides is 1. The summed E-state index contributed by atoms with van der Waals surface area (Å²) in [6.07, 6.45) is 2.02. The summed E-state index contributed by atoms with van der Waals surface area (Å²) in [6, 6.07) is 14.4. The van der Waals surface area contributed by atoms with Crippen LogP contribution in [0.3, 0.4) is 0 Å². The van der Waals surface area contributed by atoms with E-state index in [2.05, 4.69) is 26.6 Å². The minimum absolute atomic E-state index is 0.00743. The number of carbonyl (C=O) groups is 1. The highest BCUT2D eigenvalue weighted by Crippen LogP contribution is 2.20. The standard InChI is InChI=1S/C19H18BrN3O2/c1-13-10-16(20)4-7-18(13)23-12-15(11-21)19(25)22-9-8-14-2-5-17(24)6-3-14/h2-7,10,12,23-24H,8-9H2,1H3,(H,22,25)/b15-12-. The quantitative estimate of drug-likeness (QED) is 0.511. The first-order valence-corrected chi connectivity index (χ1v) is 8.48. The summed E-state index contributed by atoms with van der Waals surface area (Å²) in [4.78, 5) is 12.1. The Morgan fingerprint density at radius 3 is 2.64 bits per heavy atom. The fraction of sp³-hybridized carbons (Fsp3) is 0.158. The van der Waals surface area contributed by atoms with Gasteiger partial charge >= 0.3 is 0 Å². The molecule has 0 aromatic heterocycles. The number of phenols is 1. The Hall–Kier alpha value is -2.78. The van der Waals surface area contributed by atoms with Crippen LogP contribution < -0.4 is 10.6 Å². The van der Waals surface area contributed by atoms with Crippen molar-refractivity contribution in [2.24, 2.45) is 0 Å². The van der Waals surface area contributed by atoms with E-state index in [0.717, 1.165) is 21.3 Å². The minimum Gasteiger partial charge on any atom is -0.508 e. The van der Waals surface area contributed by atoms with Gasteiger partial charge in [0.15, 0.2) is 0 Å². The highest BCUT2D eigenvalue weighted by atomic mass is 79.9. The number of carbonyl (C=O) groups excluding carboxylic acids is 1. The van der Waals surface area contributed by atoms with Crippen molar-refractivity contribution in [3.05, 3.63) is 69.8 Å². The average molecular weight is 400 g/mol. The van der Waals surface area contributed by atoms with E-state index in [1.165, 1.54) is 6.20 Å². The molecule has 25 heavy (non-hydrogen) atoms. The van der Waals surface area contributed by atoms with Gasteiger partial charge in [-0.1, -0.05) is 28.1 Å². The van der Waals surface area contributed by atoms with Gasteiger partial charge in [-0.3, -0.25) is 4.79 Å². The molecule has 0 fully saturated rings. The van der Waals surface area contributed by atoms with Crippen molar-refractivity contribution in [3.63, 3.8) is 0 Å². The molecule has 2 aromatic carbocycles. The summed E-state index contributed by atoms with van der Waals surface area (Å²) in [7, 11) is 0. The second-order valence-electron chi connectivity index (χ2n) is 5.45. The van der Waals surface area contributed by atoms with Crippen molar-refractivity contribution >= 4 is 27.5 Å². The molecule has 0 spiro atoms. The monoisotopic (exact) mass is 399 g/mol. The predicted molar refractivity (Wildman–Crippen MR) is 101 cm³/mol. The molecule has 2 rings (SSSR count). The third-order valence-electron chi connectivity index (χ3n) is 3.56. The summed E-state index contributed by atoms with van der Waals surface area (Å²) >= 11 is 3.39. The Kier molecular flexibility index (Phi) is 6.61. The Bertz CT molecular complexity index is 824. The van der Waals surface area contributed by atoms with E-state index in [1.807, 2.05) is 31.2 Å². The van der Waals surface area contributed by atoms with Crippen molar-refractivity contribution in [1.82, 2.24) is 5.32 Å². The van der Waals surface area contributed by atoms with Gasteiger partial charge in [0.2, 0.25) is 0 Å². The molecule has 3 N–H and O–H groups in total. The lowest BCUT2D eigenvalue weighted by Crippen LogP contribution is -2.27. The van der Waals surface area contributed by atoms with Gasteiger partial charge in [0.1, 0.15) is 17.4 Å². The first-order chi connectivity index (χ1) is 12.0. The number of rotatable bonds is 6. The molecular formula is C19H18BrN3O2. The SMILES string of the molecule is Cc1cc(Br)ccc1N/C=C(/C#N)C(=O)NCCc1ccc(O)cc1. The van der Waals surface area contributed by atoms with Crippen LogP contribution in [0.25, 0.3) is 0 Å². The van der Waals surface area contributed by atoms with Crippen molar-refractivity contribution < 1.29 is 9.90 Å². The fourth-order valence-electron chi connectivity index (χ4n) is 2.17. The number of aryl methyl sites for hydroxylation is 1. The number of nitrogens with zero attached hydrogens (tertiary/aromatic N) is 1. The molecule has 0 saturated heterocycles. The van der Waals surface area contributed by atoms with Gasteiger partial charge in [-0.05, 0) is 54.8 Å². The molecule has 5 nitrogen and oxygen atoms in total. The van der Waals surface area contributed by atoms with Crippen LogP contribution in [0.2, 0.25) is 0 Å².